The Bertz CT molecular complexity index is 649. The molecule has 0 radical (unpaired) electrons. The smallest absolute Gasteiger partial charge is 0.335 e. The van der Waals surface area contributed by atoms with Crippen molar-refractivity contribution in [1.29, 1.82) is 0 Å². The third-order valence-corrected chi connectivity index (χ3v) is 2.43. The van der Waals surface area contributed by atoms with Gasteiger partial charge in [0, 0.05) is 18.1 Å². The van der Waals surface area contributed by atoms with Crippen molar-refractivity contribution in [3.63, 3.8) is 0 Å². The number of benzene rings is 1. The molecule has 2 rings (SSSR count). The largest absolute Gasteiger partial charge is 0.478 e. The number of carboxylic acids is 1. The van der Waals surface area contributed by atoms with Crippen LogP contribution in [0.15, 0.2) is 35.4 Å². The molecule has 18 heavy (non-hydrogen) atoms. The summed E-state index contributed by atoms with van der Waals surface area (Å²) in [7, 11) is 0. The van der Waals surface area contributed by atoms with Gasteiger partial charge in [-0.05, 0) is 30.7 Å². The Morgan fingerprint density at radius 1 is 1.44 bits per heavy atom. The Morgan fingerprint density at radius 3 is 2.83 bits per heavy atom. The zero-order valence-corrected chi connectivity index (χ0v) is 9.60. The van der Waals surface area contributed by atoms with Gasteiger partial charge in [-0.2, -0.15) is 0 Å². The summed E-state index contributed by atoms with van der Waals surface area (Å²) in [5, 5.41) is 11.7. The first-order valence-corrected chi connectivity index (χ1v) is 5.22. The van der Waals surface area contributed by atoms with Gasteiger partial charge in [0.1, 0.15) is 0 Å². The number of aryl methyl sites for hydroxylation is 1. The van der Waals surface area contributed by atoms with Crippen LogP contribution in [0.5, 0.6) is 0 Å². The van der Waals surface area contributed by atoms with Crippen LogP contribution in [0.2, 0.25) is 0 Å². The van der Waals surface area contributed by atoms with E-state index in [-0.39, 0.29) is 16.9 Å². The Labute approximate surface area is 102 Å². The molecule has 0 amide bonds. The maximum atomic E-state index is 11.4. The Hall–Kier alpha value is -2.63. The lowest BCUT2D eigenvalue weighted by Crippen LogP contribution is -2.12. The predicted molar refractivity (Wildman–Crippen MR) is 66.3 cm³/mol. The molecule has 2 aromatic rings. The van der Waals surface area contributed by atoms with Crippen LogP contribution in [-0.2, 0) is 0 Å². The zero-order valence-electron chi connectivity index (χ0n) is 9.60. The van der Waals surface area contributed by atoms with Gasteiger partial charge in [-0.1, -0.05) is 0 Å². The van der Waals surface area contributed by atoms with Crippen LogP contribution < -0.4 is 10.9 Å². The van der Waals surface area contributed by atoms with Gasteiger partial charge >= 0.3 is 5.97 Å². The molecule has 0 saturated heterocycles. The number of carboxylic acid groups (broad SMARTS) is 1. The van der Waals surface area contributed by atoms with Crippen LogP contribution in [0.3, 0.4) is 0 Å². The molecule has 0 aliphatic carbocycles. The summed E-state index contributed by atoms with van der Waals surface area (Å²) in [6, 6.07) is 4.72. The van der Waals surface area contributed by atoms with Crippen molar-refractivity contribution in [1.82, 2.24) is 9.97 Å². The zero-order chi connectivity index (χ0) is 13.1. The molecule has 0 atom stereocenters. The van der Waals surface area contributed by atoms with E-state index in [1.807, 2.05) is 0 Å². The quantitative estimate of drug-likeness (QED) is 0.762. The minimum Gasteiger partial charge on any atom is -0.478 e. The predicted octanol–water partition coefficient (Wildman–Crippen LogP) is 1.52. The van der Waals surface area contributed by atoms with Crippen molar-refractivity contribution in [2.75, 3.05) is 5.32 Å². The van der Waals surface area contributed by atoms with Crippen LogP contribution in [-0.4, -0.2) is 21.0 Å². The molecule has 6 nitrogen and oxygen atoms in total. The molecule has 92 valence electrons. The van der Waals surface area contributed by atoms with Crippen molar-refractivity contribution in [3.8, 4) is 0 Å². The summed E-state index contributed by atoms with van der Waals surface area (Å²) in [6.45, 7) is 1.69. The molecule has 6 heteroatoms. The number of aromatic amines is 1. The number of aromatic carboxylic acids is 1. The number of rotatable bonds is 3. The Balaban J connectivity index is 2.31. The van der Waals surface area contributed by atoms with Crippen molar-refractivity contribution < 1.29 is 9.90 Å². The van der Waals surface area contributed by atoms with E-state index in [1.165, 1.54) is 18.5 Å². The van der Waals surface area contributed by atoms with Gasteiger partial charge < -0.3 is 15.4 Å². The van der Waals surface area contributed by atoms with Gasteiger partial charge in [0.25, 0.3) is 5.56 Å². The van der Waals surface area contributed by atoms with Gasteiger partial charge in [0.05, 0.1) is 5.56 Å². The molecule has 1 heterocycles. The monoisotopic (exact) mass is 245 g/mol. The average molecular weight is 245 g/mol. The van der Waals surface area contributed by atoms with Crippen LogP contribution in [0, 0.1) is 6.92 Å². The number of nitrogens with one attached hydrogen (secondary N) is 2. The number of carbonyl (C=O) groups is 1. The number of H-pyrrole nitrogens is 1. The van der Waals surface area contributed by atoms with Gasteiger partial charge in [-0.3, -0.25) is 4.79 Å². The van der Waals surface area contributed by atoms with Gasteiger partial charge in [-0.15, -0.1) is 0 Å². The summed E-state index contributed by atoms with van der Waals surface area (Å²) >= 11 is 0. The molecular formula is C12H11N3O3. The first-order valence-electron chi connectivity index (χ1n) is 5.22. The highest BCUT2D eigenvalue weighted by Gasteiger charge is 2.08. The van der Waals surface area contributed by atoms with Crippen molar-refractivity contribution in [2.45, 2.75) is 6.92 Å². The summed E-state index contributed by atoms with van der Waals surface area (Å²) in [4.78, 5) is 28.6. The van der Waals surface area contributed by atoms with E-state index in [2.05, 4.69) is 15.3 Å². The third-order valence-electron chi connectivity index (χ3n) is 2.43. The van der Waals surface area contributed by atoms with Crippen molar-refractivity contribution in [3.05, 3.63) is 52.1 Å². The Kier molecular flexibility index (Phi) is 3.09. The highest BCUT2D eigenvalue weighted by atomic mass is 16.4. The molecule has 0 aliphatic heterocycles. The Morgan fingerprint density at radius 2 is 2.22 bits per heavy atom. The lowest BCUT2D eigenvalue weighted by molar-refractivity contribution is 0.0696. The van der Waals surface area contributed by atoms with E-state index < -0.39 is 5.97 Å². The van der Waals surface area contributed by atoms with Gasteiger partial charge in [0.15, 0.2) is 5.82 Å². The molecule has 0 saturated carbocycles. The van der Waals surface area contributed by atoms with E-state index >= 15 is 0 Å². The maximum absolute atomic E-state index is 11.4. The molecule has 0 aliphatic rings. The number of nitrogens with zero attached hydrogens (tertiary/aromatic N) is 1. The molecule has 1 aromatic heterocycles. The van der Waals surface area contributed by atoms with Gasteiger partial charge in [0.2, 0.25) is 0 Å². The number of anilines is 2. The van der Waals surface area contributed by atoms with E-state index in [0.717, 1.165) is 0 Å². The second-order valence-electron chi connectivity index (χ2n) is 3.73. The maximum Gasteiger partial charge on any atom is 0.335 e. The van der Waals surface area contributed by atoms with Crippen molar-refractivity contribution in [2.24, 2.45) is 0 Å². The first-order chi connectivity index (χ1) is 8.58. The SMILES string of the molecule is Cc1cc(Nc2ncc[nH]c2=O)ccc1C(=O)O. The first kappa shape index (κ1) is 11.8. The summed E-state index contributed by atoms with van der Waals surface area (Å²) < 4.78 is 0. The number of hydrogen-bond acceptors (Lipinski definition) is 4. The fraction of sp³-hybridized carbons (Fsp3) is 0.0833. The summed E-state index contributed by atoms with van der Waals surface area (Å²) in [5.74, 6) is -0.810. The lowest BCUT2D eigenvalue weighted by Gasteiger charge is -2.07. The topological polar surface area (TPSA) is 95.1 Å². The van der Waals surface area contributed by atoms with Gasteiger partial charge in [-0.25, -0.2) is 9.78 Å². The van der Waals surface area contributed by atoms with E-state index in [1.54, 1.807) is 19.1 Å². The minimum atomic E-state index is -0.977. The summed E-state index contributed by atoms with van der Waals surface area (Å²) in [5.41, 5.74) is 1.12. The number of aromatic nitrogens is 2. The number of hydrogen-bond donors (Lipinski definition) is 3. The van der Waals surface area contributed by atoms with Crippen LogP contribution >= 0.6 is 0 Å². The van der Waals surface area contributed by atoms with Crippen LogP contribution in [0.25, 0.3) is 0 Å². The highest BCUT2D eigenvalue weighted by molar-refractivity contribution is 5.90. The molecular weight excluding hydrogens is 234 g/mol. The van der Waals surface area contributed by atoms with Crippen LogP contribution in [0.1, 0.15) is 15.9 Å². The van der Waals surface area contributed by atoms with Crippen LogP contribution in [0.4, 0.5) is 11.5 Å². The average Bonchev–Trinajstić information content (AvgIpc) is 2.32. The molecule has 0 fully saturated rings. The summed E-state index contributed by atoms with van der Waals surface area (Å²) in [6.07, 6.45) is 2.90. The molecule has 0 bridgehead atoms. The normalized spacial score (nSPS) is 10.1. The van der Waals surface area contributed by atoms with E-state index in [4.69, 9.17) is 5.11 Å². The van der Waals surface area contributed by atoms with Crippen molar-refractivity contribution >= 4 is 17.5 Å². The highest BCUT2D eigenvalue weighted by Crippen LogP contribution is 2.17. The third kappa shape index (κ3) is 2.37. The molecule has 3 N–H and O–H groups in total. The second-order valence-corrected chi connectivity index (χ2v) is 3.73. The molecule has 0 unspecified atom stereocenters. The fourth-order valence-electron chi connectivity index (χ4n) is 1.56. The molecule has 0 spiro atoms. The van der Waals surface area contributed by atoms with E-state index in [9.17, 15) is 9.59 Å². The standard InChI is InChI=1S/C12H11N3O3/c1-7-6-8(2-3-9(7)12(17)18)15-10-11(16)14-5-4-13-10/h2-6H,1H3,(H,13,15)(H,14,16)(H,17,18). The van der Waals surface area contributed by atoms with E-state index in [0.29, 0.717) is 11.3 Å². The molecule has 1 aromatic carbocycles. The minimum absolute atomic E-state index is 0.167. The lowest BCUT2D eigenvalue weighted by atomic mass is 10.1. The fourth-order valence-corrected chi connectivity index (χ4v) is 1.56. The second kappa shape index (κ2) is 4.70.